The van der Waals surface area contributed by atoms with Crippen LogP contribution in [-0.4, -0.2) is 25.2 Å². The summed E-state index contributed by atoms with van der Waals surface area (Å²) >= 11 is 0. The molecule has 0 atom stereocenters. The zero-order valence-corrected chi connectivity index (χ0v) is 12.4. The minimum atomic E-state index is -0.0819. The van der Waals surface area contributed by atoms with Gasteiger partial charge in [-0.25, -0.2) is 0 Å². The van der Waals surface area contributed by atoms with Crippen molar-refractivity contribution in [2.24, 2.45) is 11.8 Å². The van der Waals surface area contributed by atoms with E-state index in [1.165, 1.54) is 20.0 Å². The lowest BCUT2D eigenvalue weighted by Gasteiger charge is -2.41. The van der Waals surface area contributed by atoms with Gasteiger partial charge in [-0.1, -0.05) is 20.8 Å². The Bertz CT molecular complexity index is 255. The van der Waals surface area contributed by atoms with E-state index in [9.17, 15) is 4.79 Å². The Morgan fingerprint density at radius 3 is 2.44 bits per heavy atom. The van der Waals surface area contributed by atoms with Crippen LogP contribution >= 0.6 is 0 Å². The first-order valence-electron chi connectivity index (χ1n) is 7.35. The molecule has 106 valence electrons. The number of methoxy groups -OCH3 is 1. The van der Waals surface area contributed by atoms with E-state index in [1.54, 1.807) is 0 Å². The quantitative estimate of drug-likeness (QED) is 0.741. The molecular weight excluding hydrogens is 226 g/mol. The van der Waals surface area contributed by atoms with Crippen molar-refractivity contribution in [1.82, 2.24) is 5.32 Å². The lowest BCUT2D eigenvalue weighted by Crippen LogP contribution is -2.50. The van der Waals surface area contributed by atoms with Crippen LogP contribution in [0, 0.1) is 11.8 Å². The smallest absolute Gasteiger partial charge is 0.307 e. The van der Waals surface area contributed by atoms with Crippen LogP contribution in [0.3, 0.4) is 0 Å². The first kappa shape index (κ1) is 15.5. The van der Waals surface area contributed by atoms with Gasteiger partial charge >= 0.3 is 5.97 Å². The molecule has 0 spiro atoms. The van der Waals surface area contributed by atoms with Crippen LogP contribution in [0.1, 0.15) is 59.3 Å². The Balaban J connectivity index is 2.60. The van der Waals surface area contributed by atoms with E-state index < -0.39 is 0 Å². The predicted octanol–water partition coefficient (Wildman–Crippen LogP) is 3.13. The van der Waals surface area contributed by atoms with Gasteiger partial charge in [-0.05, 0) is 50.5 Å². The van der Waals surface area contributed by atoms with Crippen LogP contribution in [0.2, 0.25) is 0 Å². The van der Waals surface area contributed by atoms with E-state index in [1.807, 2.05) is 0 Å². The third kappa shape index (κ3) is 4.27. The fraction of sp³-hybridized carbons (Fsp3) is 0.933. The van der Waals surface area contributed by atoms with E-state index in [2.05, 4.69) is 26.1 Å². The first-order valence-corrected chi connectivity index (χ1v) is 7.35. The Kier molecular flexibility index (Phi) is 6.13. The Labute approximate surface area is 112 Å². The molecule has 0 amide bonds. The molecular formula is C15H29NO2. The number of carbonyl (C=O) groups is 1. The summed E-state index contributed by atoms with van der Waals surface area (Å²) in [6, 6.07) is 0. The monoisotopic (exact) mass is 255 g/mol. The average Bonchev–Trinajstić information content (AvgIpc) is 2.37. The zero-order chi connectivity index (χ0) is 13.6. The fourth-order valence-electron chi connectivity index (χ4n) is 3.01. The summed E-state index contributed by atoms with van der Waals surface area (Å²) < 4.78 is 4.85. The molecule has 1 fully saturated rings. The molecule has 1 rings (SSSR count). The van der Waals surface area contributed by atoms with Gasteiger partial charge in [-0.2, -0.15) is 0 Å². The van der Waals surface area contributed by atoms with Gasteiger partial charge in [0.05, 0.1) is 13.5 Å². The predicted molar refractivity (Wildman–Crippen MR) is 74.5 cm³/mol. The van der Waals surface area contributed by atoms with E-state index in [0.717, 1.165) is 37.6 Å². The minimum Gasteiger partial charge on any atom is -0.469 e. The van der Waals surface area contributed by atoms with E-state index >= 15 is 0 Å². The molecule has 0 unspecified atom stereocenters. The maximum absolute atomic E-state index is 11.6. The topological polar surface area (TPSA) is 38.3 Å². The second kappa shape index (κ2) is 7.13. The van der Waals surface area contributed by atoms with Crippen molar-refractivity contribution in [1.29, 1.82) is 0 Å². The number of ether oxygens (including phenoxy) is 1. The highest BCUT2D eigenvalue weighted by Crippen LogP contribution is 2.37. The average molecular weight is 255 g/mol. The molecule has 1 saturated carbocycles. The normalized spacial score (nSPS) is 28.4. The molecule has 18 heavy (non-hydrogen) atoms. The fourth-order valence-corrected chi connectivity index (χ4v) is 3.01. The van der Waals surface area contributed by atoms with Crippen LogP contribution in [0.15, 0.2) is 0 Å². The lowest BCUT2D eigenvalue weighted by atomic mass is 9.71. The van der Waals surface area contributed by atoms with Gasteiger partial charge in [0.1, 0.15) is 0 Å². The van der Waals surface area contributed by atoms with Crippen molar-refractivity contribution in [2.45, 2.75) is 64.8 Å². The van der Waals surface area contributed by atoms with Crippen LogP contribution in [0.4, 0.5) is 0 Å². The number of hydrogen-bond acceptors (Lipinski definition) is 3. The standard InChI is InChI=1S/C15H29NO2/c1-5-10-16-15(11-14(17)18-4)8-6-13(7-9-15)12(2)3/h12-13,16H,5-11H2,1-4H3. The molecule has 0 aromatic carbocycles. The second-order valence-electron chi connectivity index (χ2n) is 6.04. The number of hydrogen-bond donors (Lipinski definition) is 1. The molecule has 0 radical (unpaired) electrons. The summed E-state index contributed by atoms with van der Waals surface area (Å²) in [5, 5.41) is 3.61. The number of rotatable bonds is 6. The van der Waals surface area contributed by atoms with Crippen molar-refractivity contribution in [2.75, 3.05) is 13.7 Å². The van der Waals surface area contributed by atoms with Gasteiger partial charge in [0.15, 0.2) is 0 Å². The first-order chi connectivity index (χ1) is 8.53. The largest absolute Gasteiger partial charge is 0.469 e. The van der Waals surface area contributed by atoms with Crippen molar-refractivity contribution in [3.05, 3.63) is 0 Å². The van der Waals surface area contributed by atoms with Gasteiger partial charge in [0.25, 0.3) is 0 Å². The maximum atomic E-state index is 11.6. The van der Waals surface area contributed by atoms with Crippen LogP contribution in [0.5, 0.6) is 0 Å². The third-order valence-corrected chi connectivity index (χ3v) is 4.39. The van der Waals surface area contributed by atoms with Crippen molar-refractivity contribution in [3.8, 4) is 0 Å². The van der Waals surface area contributed by atoms with Crippen molar-refractivity contribution >= 4 is 5.97 Å². The van der Waals surface area contributed by atoms with Gasteiger partial charge < -0.3 is 10.1 Å². The summed E-state index contributed by atoms with van der Waals surface area (Å²) in [4.78, 5) is 11.6. The number of carbonyl (C=O) groups excluding carboxylic acids is 1. The Hall–Kier alpha value is -0.570. The molecule has 1 N–H and O–H groups in total. The summed E-state index contributed by atoms with van der Waals surface area (Å²) in [7, 11) is 1.48. The van der Waals surface area contributed by atoms with Gasteiger partial charge in [-0.3, -0.25) is 4.79 Å². The van der Waals surface area contributed by atoms with E-state index in [-0.39, 0.29) is 11.5 Å². The summed E-state index contributed by atoms with van der Waals surface area (Å²) in [6.45, 7) is 7.76. The lowest BCUT2D eigenvalue weighted by molar-refractivity contribution is -0.143. The highest BCUT2D eigenvalue weighted by molar-refractivity contribution is 5.70. The summed E-state index contributed by atoms with van der Waals surface area (Å²) in [5.41, 5.74) is -0.00546. The molecule has 3 heteroatoms. The number of esters is 1. The van der Waals surface area contributed by atoms with Crippen LogP contribution in [-0.2, 0) is 9.53 Å². The van der Waals surface area contributed by atoms with Crippen molar-refractivity contribution in [3.63, 3.8) is 0 Å². The van der Waals surface area contributed by atoms with Crippen molar-refractivity contribution < 1.29 is 9.53 Å². The van der Waals surface area contributed by atoms with Gasteiger partial charge in [0, 0.05) is 5.54 Å². The van der Waals surface area contributed by atoms with E-state index in [4.69, 9.17) is 4.74 Å². The SMILES string of the molecule is CCCNC1(CC(=O)OC)CCC(C(C)C)CC1. The third-order valence-electron chi connectivity index (χ3n) is 4.39. The van der Waals surface area contributed by atoms with Gasteiger partial charge in [-0.15, -0.1) is 0 Å². The Morgan fingerprint density at radius 1 is 1.39 bits per heavy atom. The highest BCUT2D eigenvalue weighted by atomic mass is 16.5. The highest BCUT2D eigenvalue weighted by Gasteiger charge is 2.37. The molecule has 0 heterocycles. The van der Waals surface area contributed by atoms with E-state index in [0.29, 0.717) is 6.42 Å². The number of nitrogens with one attached hydrogen (secondary N) is 1. The molecule has 0 aromatic heterocycles. The molecule has 0 aliphatic heterocycles. The molecule has 0 aromatic rings. The van der Waals surface area contributed by atoms with Gasteiger partial charge in [0.2, 0.25) is 0 Å². The maximum Gasteiger partial charge on any atom is 0.307 e. The molecule has 0 saturated heterocycles. The molecule has 1 aliphatic carbocycles. The summed E-state index contributed by atoms with van der Waals surface area (Å²) in [6.07, 6.45) is 6.29. The van der Waals surface area contributed by atoms with Crippen LogP contribution < -0.4 is 5.32 Å². The molecule has 1 aliphatic rings. The summed E-state index contributed by atoms with van der Waals surface area (Å²) in [5.74, 6) is 1.49. The zero-order valence-electron chi connectivity index (χ0n) is 12.4. The Morgan fingerprint density at radius 2 is 2.00 bits per heavy atom. The minimum absolute atomic E-state index is 0.00546. The molecule has 3 nitrogen and oxygen atoms in total. The molecule has 0 bridgehead atoms. The van der Waals surface area contributed by atoms with Crippen LogP contribution in [0.25, 0.3) is 0 Å². The second-order valence-corrected chi connectivity index (χ2v) is 6.04.